The van der Waals surface area contributed by atoms with Crippen LogP contribution in [-0.2, 0) is 58.9 Å². The number of fused-ring (bicyclic) bond motifs is 3. The second-order valence-corrected chi connectivity index (χ2v) is 22.6. The third-order valence-electron chi connectivity index (χ3n) is 13.5. The van der Waals surface area contributed by atoms with E-state index in [1.807, 2.05) is 79.7 Å². The number of alkyl carbamates (subject to hydrolysis) is 2. The third-order valence-corrected chi connectivity index (χ3v) is 13.5. The molecule has 1 aliphatic rings. The van der Waals surface area contributed by atoms with Crippen molar-refractivity contribution in [2.75, 3.05) is 45.8 Å². The number of nitrogens with one attached hydrogen (secondary N) is 6. The molecule has 6 N–H and O–H groups in total. The number of esters is 2. The first-order chi connectivity index (χ1) is 39.9. The van der Waals surface area contributed by atoms with Gasteiger partial charge in [0.05, 0.1) is 14.2 Å². The Labute approximate surface area is 492 Å². The van der Waals surface area contributed by atoms with Gasteiger partial charge in [-0.2, -0.15) is 0 Å². The lowest BCUT2D eigenvalue weighted by Gasteiger charge is -2.32. The van der Waals surface area contributed by atoms with E-state index >= 15 is 0 Å². The summed E-state index contributed by atoms with van der Waals surface area (Å²) in [7, 11) is 2.39. The molecule has 0 radical (unpaired) electrons. The lowest BCUT2D eigenvalue weighted by atomic mass is 9.98. The zero-order chi connectivity index (χ0) is 61.6. The van der Waals surface area contributed by atoms with Gasteiger partial charge in [-0.25, -0.2) is 19.2 Å². The number of benzene rings is 4. The van der Waals surface area contributed by atoms with Gasteiger partial charge in [0.2, 0.25) is 23.6 Å². The van der Waals surface area contributed by atoms with Gasteiger partial charge in [-0.05, 0) is 118 Å². The minimum Gasteiger partial charge on any atom is -0.469 e. The molecule has 21 heteroatoms. The number of anilines is 1. The lowest BCUT2D eigenvalue weighted by Crippen LogP contribution is -2.56. The van der Waals surface area contributed by atoms with Gasteiger partial charge in [-0.3, -0.25) is 24.0 Å². The average Bonchev–Trinajstić information content (AvgIpc) is 3.50. The molecule has 7 amide bonds. The van der Waals surface area contributed by atoms with Gasteiger partial charge >= 0.3 is 30.2 Å². The summed E-state index contributed by atoms with van der Waals surface area (Å²) in [6.07, 6.45) is -0.818. The van der Waals surface area contributed by atoms with Crippen molar-refractivity contribution in [3.8, 4) is 22.3 Å². The number of nitrogens with zero attached hydrogens (tertiary/aromatic N) is 1. The topological polar surface area (TPSA) is 275 Å². The summed E-state index contributed by atoms with van der Waals surface area (Å²) in [5, 5.41) is 16.5. The van der Waals surface area contributed by atoms with Crippen LogP contribution >= 0.6 is 0 Å². The molecule has 4 atom stereocenters. The number of amides is 7. The van der Waals surface area contributed by atoms with E-state index < -0.39 is 83.3 Å². The number of hydrogen-bond donors (Lipinski definition) is 6. The van der Waals surface area contributed by atoms with Crippen LogP contribution in [0.4, 0.5) is 20.1 Å². The maximum atomic E-state index is 14.8. The lowest BCUT2D eigenvalue weighted by molar-refractivity contribution is -0.145. The molecule has 0 spiro atoms. The molecule has 84 heavy (non-hydrogen) atoms. The zero-order valence-electron chi connectivity index (χ0n) is 50.0. The molecule has 0 bridgehead atoms. The summed E-state index contributed by atoms with van der Waals surface area (Å²) < 4.78 is 27.0. The second-order valence-electron chi connectivity index (χ2n) is 22.6. The normalized spacial score (nSPS) is 13.2. The second kappa shape index (κ2) is 31.8. The molecule has 1 aliphatic carbocycles. The maximum absolute atomic E-state index is 14.8. The summed E-state index contributed by atoms with van der Waals surface area (Å²) >= 11 is 0. The van der Waals surface area contributed by atoms with Gasteiger partial charge in [0.25, 0.3) is 0 Å². The molecule has 4 aromatic rings. The molecule has 5 rings (SSSR count). The summed E-state index contributed by atoms with van der Waals surface area (Å²) in [5.41, 5.74) is 5.22. The fourth-order valence-electron chi connectivity index (χ4n) is 9.44. The van der Waals surface area contributed by atoms with Gasteiger partial charge in [0.1, 0.15) is 35.9 Å². The molecule has 0 unspecified atom stereocenters. The number of carbonyl (C=O) groups is 9. The first kappa shape index (κ1) is 66.3. The highest BCUT2D eigenvalue weighted by Crippen LogP contribution is 2.44. The highest BCUT2D eigenvalue weighted by Gasteiger charge is 2.34. The largest absolute Gasteiger partial charge is 0.469 e. The van der Waals surface area contributed by atoms with Crippen LogP contribution < -0.4 is 31.9 Å². The Morgan fingerprint density at radius 2 is 1.21 bits per heavy atom. The van der Waals surface area contributed by atoms with E-state index in [1.165, 1.54) is 18.9 Å². The Morgan fingerprint density at radius 3 is 1.79 bits per heavy atom. The van der Waals surface area contributed by atoms with Crippen molar-refractivity contribution < 1.29 is 66.8 Å². The Kier molecular flexibility index (Phi) is 25.1. The van der Waals surface area contributed by atoms with Gasteiger partial charge < -0.3 is 60.5 Å². The van der Waals surface area contributed by atoms with Gasteiger partial charge in [-0.1, -0.05) is 105 Å². The molecule has 4 aromatic carbocycles. The molecular weight excluding hydrogens is 1080 g/mol. The summed E-state index contributed by atoms with van der Waals surface area (Å²) in [4.78, 5) is 121. The summed E-state index contributed by atoms with van der Waals surface area (Å²) in [5.74, 6) is -3.70. The average molecular weight is 1160 g/mol. The van der Waals surface area contributed by atoms with Crippen LogP contribution in [0.3, 0.4) is 0 Å². The first-order valence-electron chi connectivity index (χ1n) is 28.4. The molecule has 0 aromatic heterocycles. The number of unbranched alkanes of at least 4 members (excludes halogenated alkanes) is 1. The van der Waals surface area contributed by atoms with Crippen LogP contribution in [0.25, 0.3) is 22.3 Å². The van der Waals surface area contributed by atoms with Crippen molar-refractivity contribution in [3.05, 3.63) is 114 Å². The van der Waals surface area contributed by atoms with Crippen LogP contribution in [-0.4, -0.2) is 135 Å². The number of methoxy groups -OCH3 is 2. The third kappa shape index (κ3) is 21.7. The summed E-state index contributed by atoms with van der Waals surface area (Å²) in [6.45, 7) is 13.1. The van der Waals surface area contributed by atoms with Crippen LogP contribution in [0.1, 0.15) is 129 Å². The van der Waals surface area contributed by atoms with Crippen molar-refractivity contribution in [2.24, 2.45) is 0 Å². The predicted molar refractivity (Wildman–Crippen MR) is 316 cm³/mol. The van der Waals surface area contributed by atoms with E-state index in [0.717, 1.165) is 46.9 Å². The van der Waals surface area contributed by atoms with Crippen molar-refractivity contribution in [1.82, 2.24) is 31.5 Å². The predicted octanol–water partition coefficient (Wildman–Crippen LogP) is 8.46. The standard InChI is InChI=1S/C63H83N7O14/c1-11-12-18-45(66-59(77)82-39-50-48-21-15-13-19-46(48)47-20-14-16-22-49(47)50)38-70(61(79)84-63(6,7)8)36-34-51(69-60(78)83-62(3,4)5)57(75)68-53(37-41-25-27-42(28-26-41)43-29-31-44(32-30-43)65-40(2)71)56(74)64-35-33-52(58(76)81-10)67-54(72)23-17-24-55(73)80-9/h13-16,19-22,25-32,45,50-53H,11-12,17-18,23-24,33-39H2,1-10H3,(H,64,74)(H,65,71)(H,66,77)(H,67,72)(H,68,75)(H,69,78)/t45-,51-,52+,53+/m0/s1. The number of hydrogen-bond acceptors (Lipinski definition) is 14. The van der Waals surface area contributed by atoms with Crippen LogP contribution in [0.15, 0.2) is 97.1 Å². The van der Waals surface area contributed by atoms with Crippen molar-refractivity contribution in [1.29, 1.82) is 0 Å². The van der Waals surface area contributed by atoms with E-state index in [1.54, 1.807) is 65.8 Å². The van der Waals surface area contributed by atoms with E-state index in [2.05, 4.69) is 36.6 Å². The summed E-state index contributed by atoms with van der Waals surface area (Å²) in [6, 6.07) is 25.9. The van der Waals surface area contributed by atoms with E-state index in [-0.39, 0.29) is 76.6 Å². The number of carbonyl (C=O) groups excluding carboxylic acids is 9. The molecule has 21 nitrogen and oxygen atoms in total. The van der Waals surface area contributed by atoms with E-state index in [9.17, 15) is 43.2 Å². The fourth-order valence-corrected chi connectivity index (χ4v) is 9.44. The monoisotopic (exact) mass is 1160 g/mol. The Bertz CT molecular complexity index is 2850. The zero-order valence-corrected chi connectivity index (χ0v) is 50.0. The maximum Gasteiger partial charge on any atom is 0.410 e. The van der Waals surface area contributed by atoms with E-state index in [0.29, 0.717) is 24.1 Å². The Morgan fingerprint density at radius 1 is 0.607 bits per heavy atom. The van der Waals surface area contributed by atoms with E-state index in [4.69, 9.17) is 18.9 Å². The highest BCUT2D eigenvalue weighted by molar-refractivity contribution is 5.92. The molecule has 0 fully saturated rings. The first-order valence-corrected chi connectivity index (χ1v) is 28.4. The van der Waals surface area contributed by atoms with Crippen LogP contribution in [0.2, 0.25) is 0 Å². The molecule has 0 aliphatic heterocycles. The quantitative estimate of drug-likeness (QED) is 0.0230. The van der Waals surface area contributed by atoms with Crippen molar-refractivity contribution in [3.63, 3.8) is 0 Å². The van der Waals surface area contributed by atoms with Gasteiger partial charge in [0, 0.05) is 63.5 Å². The SMILES string of the molecule is CCCC[C@@H](CN(CC[C@H](NC(=O)OC(C)(C)C)C(=O)N[C@H](Cc1ccc(-c2ccc(NC(C)=O)cc2)cc1)C(=O)NCC[C@@H](NC(=O)CCCC(=O)OC)C(=O)OC)C(=O)OC(C)(C)C)NC(=O)OCC1c2ccccc2-c2ccccc21. The highest BCUT2D eigenvalue weighted by atomic mass is 16.6. The minimum absolute atomic E-state index is 0.00934. The van der Waals surface area contributed by atoms with Crippen LogP contribution in [0.5, 0.6) is 0 Å². The Balaban J connectivity index is 1.39. The molecule has 454 valence electrons. The minimum atomic E-state index is -1.43. The number of rotatable bonds is 28. The smallest absolute Gasteiger partial charge is 0.410 e. The van der Waals surface area contributed by atoms with Gasteiger partial charge in [0.15, 0.2) is 0 Å². The fraction of sp³-hybridized carbons (Fsp3) is 0.476. The molecule has 0 saturated heterocycles. The Hall–Kier alpha value is -8.49. The van der Waals surface area contributed by atoms with Crippen LogP contribution in [0, 0.1) is 0 Å². The molecule has 0 saturated carbocycles. The van der Waals surface area contributed by atoms with Gasteiger partial charge in [-0.15, -0.1) is 0 Å². The number of ether oxygens (including phenoxy) is 5. The van der Waals surface area contributed by atoms with Crippen molar-refractivity contribution in [2.45, 2.75) is 154 Å². The molecular formula is C63H83N7O14. The van der Waals surface area contributed by atoms with Crippen molar-refractivity contribution >= 4 is 59.5 Å². The molecule has 0 heterocycles.